The Morgan fingerprint density at radius 2 is 1.08 bits per heavy atom. The van der Waals surface area contributed by atoms with E-state index in [2.05, 4.69) is 0 Å². The molecule has 0 atom stereocenters. The first-order valence-corrected chi connectivity index (χ1v) is 7.68. The van der Waals surface area contributed by atoms with Gasteiger partial charge in [-0.3, -0.25) is 0 Å². The summed E-state index contributed by atoms with van der Waals surface area (Å²) in [6.45, 7) is 0.345. The number of hydrogen-bond donors (Lipinski definition) is 6. The van der Waals surface area contributed by atoms with Crippen LogP contribution in [-0.2, 0) is 13.2 Å². The van der Waals surface area contributed by atoms with E-state index < -0.39 is 30.6 Å². The zero-order chi connectivity index (χ0) is 18.2. The standard InChI is InChI=1S/C16H16Cl2O6/c1-6(7-2-11(17)15(23)9(4-19)13(7)21)8-3-12(18)16(24)10(5-20)14(8)22/h2-3,6,19-24H,4-5H2,1H3. The molecule has 2 rings (SSSR count). The van der Waals surface area contributed by atoms with Gasteiger partial charge in [0.15, 0.2) is 0 Å². The van der Waals surface area contributed by atoms with Crippen LogP contribution in [0.2, 0.25) is 10.0 Å². The van der Waals surface area contributed by atoms with E-state index in [1.165, 1.54) is 12.1 Å². The molecule has 0 amide bonds. The number of phenols is 4. The molecule has 0 aromatic heterocycles. The average molecular weight is 375 g/mol. The highest BCUT2D eigenvalue weighted by Gasteiger charge is 2.25. The summed E-state index contributed by atoms with van der Waals surface area (Å²) in [5.74, 6) is -2.29. The number of benzene rings is 2. The highest BCUT2D eigenvalue weighted by atomic mass is 35.5. The molecule has 0 bridgehead atoms. The van der Waals surface area contributed by atoms with Gasteiger partial charge in [-0.1, -0.05) is 30.1 Å². The Hall–Kier alpha value is -1.86. The number of aliphatic hydroxyl groups is 2. The first-order chi connectivity index (χ1) is 11.2. The van der Waals surface area contributed by atoms with Gasteiger partial charge in [0.1, 0.15) is 23.0 Å². The van der Waals surface area contributed by atoms with Crippen molar-refractivity contribution in [1.29, 1.82) is 0 Å². The van der Waals surface area contributed by atoms with Crippen molar-refractivity contribution < 1.29 is 30.6 Å². The van der Waals surface area contributed by atoms with E-state index in [9.17, 15) is 30.6 Å². The number of aromatic hydroxyl groups is 4. The Balaban J connectivity index is 2.68. The van der Waals surface area contributed by atoms with Crippen molar-refractivity contribution >= 4 is 23.2 Å². The zero-order valence-electron chi connectivity index (χ0n) is 12.6. The Kier molecular flexibility index (Phi) is 5.35. The molecule has 6 nitrogen and oxygen atoms in total. The van der Waals surface area contributed by atoms with Crippen LogP contribution >= 0.6 is 23.2 Å². The lowest BCUT2D eigenvalue weighted by atomic mass is 9.89. The number of hydrogen-bond acceptors (Lipinski definition) is 6. The highest BCUT2D eigenvalue weighted by Crippen LogP contribution is 2.46. The lowest BCUT2D eigenvalue weighted by Gasteiger charge is -2.20. The molecule has 2 aromatic rings. The minimum atomic E-state index is -0.670. The number of aliphatic hydroxyl groups excluding tert-OH is 2. The summed E-state index contributed by atoms with van der Waals surface area (Å²) in [6.07, 6.45) is 0. The summed E-state index contributed by atoms with van der Waals surface area (Å²) < 4.78 is 0. The molecule has 8 heteroatoms. The molecule has 130 valence electrons. The van der Waals surface area contributed by atoms with Gasteiger partial charge in [-0.15, -0.1) is 0 Å². The van der Waals surface area contributed by atoms with Gasteiger partial charge in [-0.25, -0.2) is 0 Å². The third-order valence-corrected chi connectivity index (χ3v) is 4.53. The van der Waals surface area contributed by atoms with Gasteiger partial charge in [-0.05, 0) is 12.1 Å². The summed E-state index contributed by atoms with van der Waals surface area (Å²) in [7, 11) is 0. The SMILES string of the molecule is CC(c1cc(Cl)c(O)c(CO)c1O)c1cc(Cl)c(O)c(CO)c1O. The summed E-state index contributed by atoms with van der Waals surface area (Å²) in [6, 6.07) is 2.60. The van der Waals surface area contributed by atoms with Crippen LogP contribution in [0.15, 0.2) is 12.1 Å². The van der Waals surface area contributed by atoms with Gasteiger partial charge >= 0.3 is 0 Å². The van der Waals surface area contributed by atoms with Crippen molar-refractivity contribution in [2.24, 2.45) is 0 Å². The Bertz CT molecular complexity index is 726. The van der Waals surface area contributed by atoms with E-state index in [4.69, 9.17) is 23.2 Å². The summed E-state index contributed by atoms with van der Waals surface area (Å²) in [4.78, 5) is 0. The number of halogens is 2. The minimum Gasteiger partial charge on any atom is -0.507 e. The van der Waals surface area contributed by atoms with Crippen LogP contribution in [0.5, 0.6) is 23.0 Å². The van der Waals surface area contributed by atoms with Gasteiger partial charge in [0.2, 0.25) is 0 Å². The third-order valence-electron chi connectivity index (χ3n) is 3.96. The maximum atomic E-state index is 10.3. The molecule has 0 saturated heterocycles. The van der Waals surface area contributed by atoms with E-state index in [0.717, 1.165) is 0 Å². The molecule has 0 radical (unpaired) electrons. The van der Waals surface area contributed by atoms with Crippen molar-refractivity contribution in [2.45, 2.75) is 26.1 Å². The quantitative estimate of drug-likeness (QED) is 0.489. The molecular weight excluding hydrogens is 359 g/mol. The van der Waals surface area contributed by atoms with Crippen LogP contribution in [-0.4, -0.2) is 30.6 Å². The van der Waals surface area contributed by atoms with Gasteiger partial charge in [-0.2, -0.15) is 0 Å². The topological polar surface area (TPSA) is 121 Å². The van der Waals surface area contributed by atoms with Crippen molar-refractivity contribution in [2.75, 3.05) is 0 Å². The van der Waals surface area contributed by atoms with E-state index in [0.29, 0.717) is 0 Å². The van der Waals surface area contributed by atoms with Crippen LogP contribution < -0.4 is 0 Å². The molecule has 6 N–H and O–H groups in total. The summed E-state index contributed by atoms with van der Waals surface area (Å²) in [5.41, 5.74) is 0.165. The Morgan fingerprint density at radius 1 is 0.750 bits per heavy atom. The summed E-state index contributed by atoms with van der Waals surface area (Å²) in [5, 5.41) is 58.6. The fourth-order valence-electron chi connectivity index (χ4n) is 2.53. The Morgan fingerprint density at radius 3 is 1.38 bits per heavy atom. The van der Waals surface area contributed by atoms with Crippen molar-refractivity contribution in [1.82, 2.24) is 0 Å². The van der Waals surface area contributed by atoms with Crippen molar-refractivity contribution in [3.05, 3.63) is 44.4 Å². The fraction of sp³-hybridized carbons (Fsp3) is 0.250. The van der Waals surface area contributed by atoms with Crippen LogP contribution in [0.1, 0.15) is 35.1 Å². The van der Waals surface area contributed by atoms with Gasteiger partial charge in [0.25, 0.3) is 0 Å². The maximum Gasteiger partial charge on any atom is 0.143 e. The van der Waals surface area contributed by atoms with Crippen LogP contribution in [0, 0.1) is 0 Å². The van der Waals surface area contributed by atoms with E-state index in [1.807, 2.05) is 0 Å². The third kappa shape index (κ3) is 2.93. The molecule has 24 heavy (non-hydrogen) atoms. The normalized spacial score (nSPS) is 11.2. The molecular formula is C16H16Cl2O6. The molecule has 0 spiro atoms. The second-order valence-electron chi connectivity index (χ2n) is 5.28. The molecule has 0 heterocycles. The second-order valence-corrected chi connectivity index (χ2v) is 6.10. The van der Waals surface area contributed by atoms with Crippen molar-refractivity contribution in [3.63, 3.8) is 0 Å². The van der Waals surface area contributed by atoms with E-state index in [-0.39, 0.29) is 43.8 Å². The lowest BCUT2D eigenvalue weighted by Crippen LogP contribution is -2.02. The number of rotatable bonds is 4. The molecule has 0 aliphatic carbocycles. The first-order valence-electron chi connectivity index (χ1n) is 6.92. The monoisotopic (exact) mass is 374 g/mol. The van der Waals surface area contributed by atoms with Crippen LogP contribution in [0.4, 0.5) is 0 Å². The molecule has 0 fully saturated rings. The molecule has 0 saturated carbocycles. The lowest BCUT2D eigenvalue weighted by molar-refractivity contribution is 0.268. The van der Waals surface area contributed by atoms with Crippen LogP contribution in [0.3, 0.4) is 0 Å². The highest BCUT2D eigenvalue weighted by molar-refractivity contribution is 6.32. The fourth-order valence-corrected chi connectivity index (χ4v) is 3.00. The first kappa shape index (κ1) is 18.5. The molecule has 2 aromatic carbocycles. The minimum absolute atomic E-state index is 0.0783. The molecule has 0 unspecified atom stereocenters. The predicted molar refractivity (Wildman–Crippen MR) is 88.9 cm³/mol. The van der Waals surface area contributed by atoms with Gasteiger partial charge < -0.3 is 30.6 Å². The van der Waals surface area contributed by atoms with Gasteiger partial charge in [0, 0.05) is 17.0 Å². The smallest absolute Gasteiger partial charge is 0.143 e. The van der Waals surface area contributed by atoms with Gasteiger partial charge in [0.05, 0.1) is 34.4 Å². The van der Waals surface area contributed by atoms with Crippen LogP contribution in [0.25, 0.3) is 0 Å². The summed E-state index contributed by atoms with van der Waals surface area (Å²) >= 11 is 11.8. The largest absolute Gasteiger partial charge is 0.507 e. The van der Waals surface area contributed by atoms with E-state index >= 15 is 0 Å². The average Bonchev–Trinajstić information content (AvgIpc) is 2.55. The van der Waals surface area contributed by atoms with E-state index in [1.54, 1.807) is 6.92 Å². The molecule has 0 aliphatic heterocycles. The maximum absolute atomic E-state index is 10.3. The predicted octanol–water partition coefficient (Wildman–Crippen LogP) is 2.95. The molecule has 0 aliphatic rings. The zero-order valence-corrected chi connectivity index (χ0v) is 14.1. The Labute approximate surface area is 147 Å². The second kappa shape index (κ2) is 6.94. The van der Waals surface area contributed by atoms with Crippen molar-refractivity contribution in [3.8, 4) is 23.0 Å².